The van der Waals surface area contributed by atoms with E-state index in [2.05, 4.69) is 4.72 Å². The van der Waals surface area contributed by atoms with Gasteiger partial charge in [0.1, 0.15) is 5.75 Å². The summed E-state index contributed by atoms with van der Waals surface area (Å²) in [5, 5.41) is 0.527. The molecule has 2 aromatic rings. The molecule has 0 bridgehead atoms. The van der Waals surface area contributed by atoms with E-state index >= 15 is 0 Å². The molecular weight excluding hydrogens is 400 g/mol. The number of nitrogens with one attached hydrogen (secondary N) is 1. The van der Waals surface area contributed by atoms with Crippen molar-refractivity contribution in [3.63, 3.8) is 0 Å². The maximum Gasteiger partial charge on any atom is 0.261 e. The molecule has 0 unspecified atom stereocenters. The van der Waals surface area contributed by atoms with Gasteiger partial charge >= 0.3 is 0 Å². The number of carbonyl (C=O) groups is 1. The number of benzene rings is 2. The molecule has 1 amide bonds. The standard InChI is InChI=1S/C20H23ClN2O4S/c1-15-13-18(28(25,26)22-17-7-5-16(21)6-8-17)9-10-19(15)27-14-20(24)23-11-3-2-4-12-23/h5-10,13,22H,2-4,11-12,14H2,1H3. The molecular formula is C20H23ClN2O4S. The normalized spacial score (nSPS) is 14.6. The first-order valence-electron chi connectivity index (χ1n) is 9.15. The first kappa shape index (κ1) is 20.5. The van der Waals surface area contributed by atoms with Crippen LogP contribution in [0.2, 0.25) is 5.02 Å². The Bertz CT molecular complexity index is 939. The molecule has 28 heavy (non-hydrogen) atoms. The van der Waals surface area contributed by atoms with Gasteiger partial charge in [-0.2, -0.15) is 0 Å². The topological polar surface area (TPSA) is 75.7 Å². The molecule has 6 nitrogen and oxygen atoms in total. The molecule has 1 aliphatic heterocycles. The highest BCUT2D eigenvalue weighted by atomic mass is 35.5. The van der Waals surface area contributed by atoms with Crippen LogP contribution in [0.15, 0.2) is 47.4 Å². The van der Waals surface area contributed by atoms with Crippen molar-refractivity contribution in [2.45, 2.75) is 31.1 Å². The summed E-state index contributed by atoms with van der Waals surface area (Å²) in [6.07, 6.45) is 3.21. The van der Waals surface area contributed by atoms with Crippen molar-refractivity contribution >= 4 is 33.2 Å². The highest BCUT2D eigenvalue weighted by molar-refractivity contribution is 7.92. The summed E-state index contributed by atoms with van der Waals surface area (Å²) in [4.78, 5) is 14.2. The van der Waals surface area contributed by atoms with E-state index in [1.54, 1.807) is 37.3 Å². The summed E-state index contributed by atoms with van der Waals surface area (Å²) in [6.45, 7) is 3.25. The molecule has 1 saturated heterocycles. The number of ether oxygens (including phenoxy) is 1. The fourth-order valence-electron chi connectivity index (χ4n) is 3.06. The zero-order chi connectivity index (χ0) is 20.1. The van der Waals surface area contributed by atoms with Gasteiger partial charge in [0.2, 0.25) is 0 Å². The minimum atomic E-state index is -3.74. The summed E-state index contributed by atoms with van der Waals surface area (Å²) in [5.41, 5.74) is 1.07. The summed E-state index contributed by atoms with van der Waals surface area (Å²) in [5.74, 6) is 0.455. The lowest BCUT2D eigenvalue weighted by atomic mass is 10.1. The minimum absolute atomic E-state index is 0.0415. The van der Waals surface area contributed by atoms with Crippen molar-refractivity contribution in [2.24, 2.45) is 0 Å². The molecule has 0 atom stereocenters. The van der Waals surface area contributed by atoms with Crippen LogP contribution in [-0.2, 0) is 14.8 Å². The first-order valence-corrected chi connectivity index (χ1v) is 11.0. The summed E-state index contributed by atoms with van der Waals surface area (Å²) in [6, 6.07) is 11.0. The van der Waals surface area contributed by atoms with E-state index in [1.807, 2.05) is 4.90 Å². The van der Waals surface area contributed by atoms with Crippen molar-refractivity contribution in [3.8, 4) is 5.75 Å². The third-order valence-electron chi connectivity index (χ3n) is 4.61. The third-order valence-corrected chi connectivity index (χ3v) is 6.24. The fourth-order valence-corrected chi connectivity index (χ4v) is 4.33. The Labute approximate surface area is 170 Å². The highest BCUT2D eigenvalue weighted by Gasteiger charge is 2.19. The molecule has 0 spiro atoms. The zero-order valence-electron chi connectivity index (χ0n) is 15.7. The van der Waals surface area contributed by atoms with Gasteiger partial charge in [0.05, 0.1) is 4.90 Å². The van der Waals surface area contributed by atoms with Crippen LogP contribution in [0.25, 0.3) is 0 Å². The minimum Gasteiger partial charge on any atom is -0.483 e. The van der Waals surface area contributed by atoms with Crippen LogP contribution >= 0.6 is 11.6 Å². The number of rotatable bonds is 6. The van der Waals surface area contributed by atoms with Gasteiger partial charge in [0.15, 0.2) is 6.61 Å². The second kappa shape index (κ2) is 8.84. The molecule has 8 heteroatoms. The van der Waals surface area contributed by atoms with Crippen LogP contribution < -0.4 is 9.46 Å². The number of hydrogen-bond acceptors (Lipinski definition) is 4. The van der Waals surface area contributed by atoms with Gasteiger partial charge in [0, 0.05) is 23.8 Å². The molecule has 0 saturated carbocycles. The Hall–Kier alpha value is -2.25. The molecule has 1 aliphatic rings. The third kappa shape index (κ3) is 5.17. The number of sulfonamides is 1. The first-order chi connectivity index (χ1) is 13.3. The molecule has 0 aliphatic carbocycles. The summed E-state index contributed by atoms with van der Waals surface area (Å²) >= 11 is 5.82. The molecule has 1 N–H and O–H groups in total. The number of hydrogen-bond donors (Lipinski definition) is 1. The molecule has 2 aromatic carbocycles. The number of amides is 1. The lowest BCUT2D eigenvalue weighted by Gasteiger charge is -2.26. The molecule has 0 aromatic heterocycles. The van der Waals surface area contributed by atoms with Crippen LogP contribution in [0.1, 0.15) is 24.8 Å². The quantitative estimate of drug-likeness (QED) is 0.767. The van der Waals surface area contributed by atoms with Gasteiger partial charge in [-0.05, 0) is 74.2 Å². The van der Waals surface area contributed by atoms with Crippen LogP contribution in [0.4, 0.5) is 5.69 Å². The van der Waals surface area contributed by atoms with Crippen molar-refractivity contribution in [1.29, 1.82) is 0 Å². The highest BCUT2D eigenvalue weighted by Crippen LogP contribution is 2.24. The molecule has 1 heterocycles. The fraction of sp³-hybridized carbons (Fsp3) is 0.350. The predicted molar refractivity (Wildman–Crippen MR) is 109 cm³/mol. The number of likely N-dealkylation sites (tertiary alicyclic amines) is 1. The maximum absolute atomic E-state index is 12.6. The number of aryl methyl sites for hydroxylation is 1. The van der Waals surface area contributed by atoms with Crippen LogP contribution in [0.5, 0.6) is 5.75 Å². The van der Waals surface area contributed by atoms with E-state index in [9.17, 15) is 13.2 Å². The average Bonchev–Trinajstić information content (AvgIpc) is 2.69. The Morgan fingerprint density at radius 3 is 2.43 bits per heavy atom. The Balaban J connectivity index is 1.65. The Kier molecular flexibility index (Phi) is 6.46. The number of halogens is 1. The molecule has 3 rings (SSSR count). The van der Waals surface area contributed by atoms with E-state index in [-0.39, 0.29) is 17.4 Å². The lowest BCUT2D eigenvalue weighted by Crippen LogP contribution is -2.38. The van der Waals surface area contributed by atoms with Crippen molar-refractivity contribution in [3.05, 3.63) is 53.1 Å². The van der Waals surface area contributed by atoms with Gasteiger partial charge in [-0.3, -0.25) is 9.52 Å². The number of piperidine rings is 1. The van der Waals surface area contributed by atoms with Gasteiger partial charge in [-0.25, -0.2) is 8.42 Å². The monoisotopic (exact) mass is 422 g/mol. The van der Waals surface area contributed by atoms with E-state index in [4.69, 9.17) is 16.3 Å². The molecule has 0 radical (unpaired) electrons. The van der Waals surface area contributed by atoms with Gasteiger partial charge < -0.3 is 9.64 Å². The van der Waals surface area contributed by atoms with Crippen LogP contribution in [0.3, 0.4) is 0 Å². The largest absolute Gasteiger partial charge is 0.483 e. The smallest absolute Gasteiger partial charge is 0.261 e. The van der Waals surface area contributed by atoms with Crippen LogP contribution in [-0.4, -0.2) is 38.9 Å². The number of carbonyl (C=O) groups excluding carboxylic acids is 1. The summed E-state index contributed by atoms with van der Waals surface area (Å²) < 4.78 is 33.3. The van der Waals surface area contributed by atoms with E-state index in [0.717, 1.165) is 32.4 Å². The van der Waals surface area contributed by atoms with Crippen molar-refractivity contribution < 1.29 is 17.9 Å². The number of anilines is 1. The van der Waals surface area contributed by atoms with Crippen molar-refractivity contribution in [1.82, 2.24) is 4.90 Å². The molecule has 1 fully saturated rings. The Morgan fingerprint density at radius 2 is 1.79 bits per heavy atom. The van der Waals surface area contributed by atoms with Gasteiger partial charge in [-0.15, -0.1) is 0 Å². The van der Waals surface area contributed by atoms with Crippen molar-refractivity contribution in [2.75, 3.05) is 24.4 Å². The Morgan fingerprint density at radius 1 is 1.11 bits per heavy atom. The van der Waals surface area contributed by atoms with E-state index in [1.165, 1.54) is 12.1 Å². The second-order valence-electron chi connectivity index (χ2n) is 6.77. The van der Waals surface area contributed by atoms with Crippen LogP contribution in [0, 0.1) is 6.92 Å². The number of nitrogens with zero attached hydrogens (tertiary/aromatic N) is 1. The molecule has 150 valence electrons. The maximum atomic E-state index is 12.6. The van der Waals surface area contributed by atoms with Gasteiger partial charge in [-0.1, -0.05) is 11.6 Å². The predicted octanol–water partition coefficient (Wildman–Crippen LogP) is 3.84. The average molecular weight is 423 g/mol. The van der Waals surface area contributed by atoms with E-state index < -0.39 is 10.0 Å². The zero-order valence-corrected chi connectivity index (χ0v) is 17.2. The second-order valence-corrected chi connectivity index (χ2v) is 8.89. The summed E-state index contributed by atoms with van der Waals surface area (Å²) in [7, 11) is -3.74. The van der Waals surface area contributed by atoms with Gasteiger partial charge in [0.25, 0.3) is 15.9 Å². The lowest BCUT2D eigenvalue weighted by molar-refractivity contribution is -0.134. The SMILES string of the molecule is Cc1cc(S(=O)(=O)Nc2ccc(Cl)cc2)ccc1OCC(=O)N1CCCCC1. The van der Waals surface area contributed by atoms with E-state index in [0.29, 0.717) is 22.0 Å².